The molecule has 4 rings (SSSR count). The van der Waals surface area contributed by atoms with Gasteiger partial charge in [0.2, 0.25) is 5.95 Å². The molecule has 140 valence electrons. The fraction of sp³-hybridized carbons (Fsp3) is 0.278. The summed E-state index contributed by atoms with van der Waals surface area (Å²) in [4.78, 5) is 27.0. The van der Waals surface area contributed by atoms with E-state index in [9.17, 15) is 18.0 Å². The molecule has 0 spiro atoms. The number of hydrogen-bond acceptors (Lipinski definition) is 4. The SMILES string of the molecule is O=C(c1c[nH]c2ccccc12)N1CCN(c2ncc(C(F)(F)F)cn2)CC1. The molecule has 6 nitrogen and oxygen atoms in total. The van der Waals surface area contributed by atoms with E-state index in [0.717, 1.165) is 23.3 Å². The number of aromatic nitrogens is 3. The van der Waals surface area contributed by atoms with Crippen molar-refractivity contribution in [2.75, 3.05) is 31.1 Å². The minimum absolute atomic E-state index is 0.0690. The highest BCUT2D eigenvalue weighted by atomic mass is 19.4. The Kier molecular flexibility index (Phi) is 4.21. The minimum Gasteiger partial charge on any atom is -0.360 e. The largest absolute Gasteiger partial charge is 0.419 e. The Morgan fingerprint density at radius 1 is 1.04 bits per heavy atom. The number of para-hydroxylation sites is 1. The molecule has 27 heavy (non-hydrogen) atoms. The smallest absolute Gasteiger partial charge is 0.360 e. The normalized spacial score (nSPS) is 15.4. The molecule has 1 saturated heterocycles. The predicted octanol–water partition coefficient (Wildman–Crippen LogP) is 2.94. The van der Waals surface area contributed by atoms with Gasteiger partial charge in [-0.2, -0.15) is 13.2 Å². The highest BCUT2D eigenvalue weighted by Gasteiger charge is 2.32. The second kappa shape index (κ2) is 6.57. The zero-order valence-electron chi connectivity index (χ0n) is 14.2. The fourth-order valence-electron chi connectivity index (χ4n) is 3.16. The summed E-state index contributed by atoms with van der Waals surface area (Å²) in [7, 11) is 0. The van der Waals surface area contributed by atoms with Crippen LogP contribution >= 0.6 is 0 Å². The molecule has 2 aromatic heterocycles. The van der Waals surface area contributed by atoms with E-state index < -0.39 is 11.7 Å². The molecule has 0 aliphatic carbocycles. The van der Waals surface area contributed by atoms with Gasteiger partial charge in [-0.3, -0.25) is 4.79 Å². The van der Waals surface area contributed by atoms with Crippen molar-refractivity contribution in [2.45, 2.75) is 6.18 Å². The lowest BCUT2D eigenvalue weighted by molar-refractivity contribution is -0.138. The lowest BCUT2D eigenvalue weighted by Crippen LogP contribution is -2.49. The summed E-state index contributed by atoms with van der Waals surface area (Å²) in [5.41, 5.74) is 0.641. The molecule has 0 bridgehead atoms. The van der Waals surface area contributed by atoms with Gasteiger partial charge >= 0.3 is 6.18 Å². The van der Waals surface area contributed by atoms with Gasteiger partial charge in [-0.25, -0.2) is 9.97 Å². The Morgan fingerprint density at radius 2 is 1.70 bits per heavy atom. The highest BCUT2D eigenvalue weighted by molar-refractivity contribution is 6.06. The van der Waals surface area contributed by atoms with E-state index in [1.807, 2.05) is 24.3 Å². The van der Waals surface area contributed by atoms with Crippen LogP contribution < -0.4 is 4.90 Å². The van der Waals surface area contributed by atoms with E-state index in [1.165, 1.54) is 0 Å². The first-order chi connectivity index (χ1) is 12.9. The van der Waals surface area contributed by atoms with E-state index in [0.29, 0.717) is 31.7 Å². The summed E-state index contributed by atoms with van der Waals surface area (Å²) >= 11 is 0. The Balaban J connectivity index is 1.43. The number of anilines is 1. The number of benzene rings is 1. The number of rotatable bonds is 2. The summed E-state index contributed by atoms with van der Waals surface area (Å²) in [6.45, 7) is 1.81. The van der Waals surface area contributed by atoms with Crippen LogP contribution in [0.3, 0.4) is 0 Å². The lowest BCUT2D eigenvalue weighted by atomic mass is 10.1. The molecular weight excluding hydrogens is 359 g/mol. The van der Waals surface area contributed by atoms with Crippen molar-refractivity contribution < 1.29 is 18.0 Å². The number of nitrogens with zero attached hydrogens (tertiary/aromatic N) is 4. The van der Waals surface area contributed by atoms with E-state index in [-0.39, 0.29) is 11.9 Å². The Morgan fingerprint density at radius 3 is 2.37 bits per heavy atom. The van der Waals surface area contributed by atoms with E-state index >= 15 is 0 Å². The van der Waals surface area contributed by atoms with Crippen LogP contribution in [0, 0.1) is 0 Å². The molecule has 0 radical (unpaired) electrons. The number of H-pyrrole nitrogens is 1. The van der Waals surface area contributed by atoms with Gasteiger partial charge < -0.3 is 14.8 Å². The molecule has 1 aliphatic rings. The standard InChI is InChI=1S/C18H16F3N5O/c19-18(20,21)12-9-23-17(24-10-12)26-7-5-25(6-8-26)16(27)14-11-22-15-4-2-1-3-13(14)15/h1-4,9-11,22H,5-8H2. The molecule has 3 aromatic rings. The number of nitrogens with one attached hydrogen (secondary N) is 1. The summed E-state index contributed by atoms with van der Waals surface area (Å²) in [5.74, 6) is 0.169. The molecule has 1 aliphatic heterocycles. The van der Waals surface area contributed by atoms with Crippen LogP contribution in [0.4, 0.5) is 19.1 Å². The van der Waals surface area contributed by atoms with Crippen LogP contribution in [0.5, 0.6) is 0 Å². The van der Waals surface area contributed by atoms with Gasteiger partial charge in [-0.1, -0.05) is 18.2 Å². The van der Waals surface area contributed by atoms with Crippen LogP contribution in [0.25, 0.3) is 10.9 Å². The molecule has 0 saturated carbocycles. The van der Waals surface area contributed by atoms with Crippen molar-refractivity contribution in [3.05, 3.63) is 54.0 Å². The average Bonchev–Trinajstić information content (AvgIpc) is 3.11. The highest BCUT2D eigenvalue weighted by Crippen LogP contribution is 2.28. The summed E-state index contributed by atoms with van der Waals surface area (Å²) in [6.07, 6.45) is -1.18. The number of alkyl halides is 3. The van der Waals surface area contributed by atoms with Crippen molar-refractivity contribution in [1.29, 1.82) is 0 Å². The maximum atomic E-state index is 12.8. The summed E-state index contributed by atoms with van der Waals surface area (Å²) < 4.78 is 37.8. The van der Waals surface area contributed by atoms with Crippen LogP contribution in [0.1, 0.15) is 15.9 Å². The molecule has 1 aromatic carbocycles. The molecule has 0 atom stereocenters. The topological polar surface area (TPSA) is 65.1 Å². The van der Waals surface area contributed by atoms with Gasteiger partial charge in [0.25, 0.3) is 5.91 Å². The van der Waals surface area contributed by atoms with E-state index in [4.69, 9.17) is 0 Å². The summed E-state index contributed by atoms with van der Waals surface area (Å²) in [6, 6.07) is 7.58. The van der Waals surface area contributed by atoms with Gasteiger partial charge in [-0.15, -0.1) is 0 Å². The average molecular weight is 375 g/mol. The third kappa shape index (κ3) is 3.32. The van der Waals surface area contributed by atoms with Crippen LogP contribution in [0.2, 0.25) is 0 Å². The van der Waals surface area contributed by atoms with E-state index in [2.05, 4.69) is 15.0 Å². The van der Waals surface area contributed by atoms with Crippen LogP contribution in [0.15, 0.2) is 42.9 Å². The monoisotopic (exact) mass is 375 g/mol. The number of hydrogen-bond donors (Lipinski definition) is 1. The maximum absolute atomic E-state index is 12.8. The molecule has 1 N–H and O–H groups in total. The number of aromatic amines is 1. The molecule has 3 heterocycles. The number of carbonyl (C=O) groups is 1. The third-order valence-corrected chi connectivity index (χ3v) is 4.63. The molecule has 1 amide bonds. The van der Waals surface area contributed by atoms with Crippen molar-refractivity contribution in [1.82, 2.24) is 19.9 Å². The first-order valence-electron chi connectivity index (χ1n) is 8.43. The molecule has 9 heteroatoms. The number of halogens is 3. The molecule has 1 fully saturated rings. The second-order valence-electron chi connectivity index (χ2n) is 6.30. The van der Waals surface area contributed by atoms with E-state index in [1.54, 1.807) is 16.0 Å². The third-order valence-electron chi connectivity index (χ3n) is 4.63. The quantitative estimate of drug-likeness (QED) is 0.748. The van der Waals surface area contributed by atoms with Gasteiger partial charge in [0.15, 0.2) is 0 Å². The lowest BCUT2D eigenvalue weighted by Gasteiger charge is -2.34. The van der Waals surface area contributed by atoms with Crippen LogP contribution in [-0.2, 0) is 6.18 Å². The summed E-state index contributed by atoms with van der Waals surface area (Å²) in [5, 5.41) is 0.871. The number of fused-ring (bicyclic) bond motifs is 1. The van der Waals surface area contributed by atoms with Gasteiger partial charge in [0, 0.05) is 55.7 Å². The number of amides is 1. The Labute approximate surface area is 152 Å². The number of piperazine rings is 1. The van der Waals surface area contributed by atoms with Crippen molar-refractivity contribution >= 4 is 22.8 Å². The zero-order chi connectivity index (χ0) is 19.0. The first kappa shape index (κ1) is 17.3. The second-order valence-corrected chi connectivity index (χ2v) is 6.30. The zero-order valence-corrected chi connectivity index (χ0v) is 14.2. The van der Waals surface area contributed by atoms with Gasteiger partial charge in [0.05, 0.1) is 11.1 Å². The van der Waals surface area contributed by atoms with Gasteiger partial charge in [-0.05, 0) is 6.07 Å². The fourth-order valence-corrected chi connectivity index (χ4v) is 3.16. The predicted molar refractivity (Wildman–Crippen MR) is 93.4 cm³/mol. The minimum atomic E-state index is -4.46. The number of carbonyl (C=O) groups excluding carboxylic acids is 1. The Hall–Kier alpha value is -3.10. The first-order valence-corrected chi connectivity index (χ1v) is 8.43. The van der Waals surface area contributed by atoms with Gasteiger partial charge in [0.1, 0.15) is 0 Å². The molecule has 0 unspecified atom stereocenters. The Bertz CT molecular complexity index is 959. The molecular formula is C18H16F3N5O. The van der Waals surface area contributed by atoms with Crippen LogP contribution in [-0.4, -0.2) is 51.9 Å². The van der Waals surface area contributed by atoms with Crippen molar-refractivity contribution in [3.63, 3.8) is 0 Å². The maximum Gasteiger partial charge on any atom is 0.419 e. The van der Waals surface area contributed by atoms with Crippen molar-refractivity contribution in [2.24, 2.45) is 0 Å². The van der Waals surface area contributed by atoms with Crippen molar-refractivity contribution in [3.8, 4) is 0 Å².